The molecule has 7 nitrogen and oxygen atoms in total. The van der Waals surface area contributed by atoms with Crippen molar-refractivity contribution < 1.29 is 19.0 Å². The zero-order chi connectivity index (χ0) is 24.8. The zero-order valence-corrected chi connectivity index (χ0v) is 20.6. The molecule has 4 rings (SSSR count). The molecule has 1 aliphatic heterocycles. The van der Waals surface area contributed by atoms with Crippen LogP contribution in [0.15, 0.2) is 53.8 Å². The van der Waals surface area contributed by atoms with E-state index in [0.717, 1.165) is 30.3 Å². The second kappa shape index (κ2) is 11.8. The number of halogens is 1. The Hall–Kier alpha value is -2.75. The summed E-state index contributed by atoms with van der Waals surface area (Å²) >= 11 is 1.67. The first kappa shape index (κ1) is 25.3. The molecule has 0 radical (unpaired) electrons. The lowest BCUT2D eigenvalue weighted by Gasteiger charge is -2.37. The smallest absolute Gasteiger partial charge is 0.308 e. The highest BCUT2D eigenvalue weighted by Gasteiger charge is 2.34. The van der Waals surface area contributed by atoms with Crippen LogP contribution in [0.1, 0.15) is 30.9 Å². The minimum absolute atomic E-state index is 0.00365. The third-order valence-corrected chi connectivity index (χ3v) is 7.66. The number of aromatic nitrogens is 2. The number of nitrogens with zero attached hydrogens (tertiary/aromatic N) is 3. The van der Waals surface area contributed by atoms with E-state index >= 15 is 0 Å². The summed E-state index contributed by atoms with van der Waals surface area (Å²) in [5.41, 5.74) is 7.52. The topological polar surface area (TPSA) is 102 Å². The first-order chi connectivity index (χ1) is 17.0. The highest BCUT2D eigenvalue weighted by molar-refractivity contribution is 7.99. The van der Waals surface area contributed by atoms with Crippen molar-refractivity contribution in [3.05, 3.63) is 60.2 Å². The van der Waals surface area contributed by atoms with Gasteiger partial charge in [0.1, 0.15) is 11.6 Å². The molecule has 186 valence electrons. The van der Waals surface area contributed by atoms with Crippen LogP contribution in [0.25, 0.3) is 10.9 Å². The van der Waals surface area contributed by atoms with Gasteiger partial charge in [-0.15, -0.1) is 11.8 Å². The van der Waals surface area contributed by atoms with Gasteiger partial charge < -0.3 is 20.5 Å². The summed E-state index contributed by atoms with van der Waals surface area (Å²) in [6.07, 6.45) is 4.88. The van der Waals surface area contributed by atoms with E-state index in [2.05, 4.69) is 14.9 Å². The Bertz CT molecular complexity index is 1150. The number of hydrogen-bond acceptors (Lipinski definition) is 7. The van der Waals surface area contributed by atoms with Crippen LogP contribution in [0, 0.1) is 17.7 Å². The highest BCUT2D eigenvalue weighted by atomic mass is 32.2. The van der Waals surface area contributed by atoms with Crippen molar-refractivity contribution in [2.45, 2.75) is 30.3 Å². The van der Waals surface area contributed by atoms with E-state index in [-0.39, 0.29) is 5.92 Å². The van der Waals surface area contributed by atoms with Gasteiger partial charge in [-0.1, -0.05) is 6.07 Å². The van der Waals surface area contributed by atoms with Crippen LogP contribution >= 0.6 is 11.8 Å². The first-order valence-electron chi connectivity index (χ1n) is 11.8. The number of piperidine rings is 1. The quantitative estimate of drug-likeness (QED) is 0.397. The van der Waals surface area contributed by atoms with Crippen molar-refractivity contribution in [1.29, 1.82) is 0 Å². The molecule has 0 amide bonds. The van der Waals surface area contributed by atoms with E-state index in [4.69, 9.17) is 10.5 Å². The van der Waals surface area contributed by atoms with Crippen LogP contribution in [-0.2, 0) is 4.79 Å². The molecule has 0 spiro atoms. The number of hydrogen-bond donors (Lipinski definition) is 2. The molecule has 0 aliphatic carbocycles. The van der Waals surface area contributed by atoms with Crippen LogP contribution in [0.5, 0.6) is 5.75 Å². The summed E-state index contributed by atoms with van der Waals surface area (Å²) in [5.74, 6) is -0.225. The largest absolute Gasteiger partial charge is 0.497 e. The Kier molecular flexibility index (Phi) is 8.54. The van der Waals surface area contributed by atoms with E-state index in [9.17, 15) is 14.3 Å². The van der Waals surface area contributed by atoms with Crippen LogP contribution in [0.2, 0.25) is 0 Å². The number of fused-ring (bicyclic) bond motifs is 1. The summed E-state index contributed by atoms with van der Waals surface area (Å²) in [6, 6.07) is 10.6. The van der Waals surface area contributed by atoms with Gasteiger partial charge in [-0.3, -0.25) is 9.78 Å². The maximum Gasteiger partial charge on any atom is 0.308 e. The molecule has 1 saturated heterocycles. The summed E-state index contributed by atoms with van der Waals surface area (Å²) in [4.78, 5) is 22.8. The number of benzene rings is 1. The van der Waals surface area contributed by atoms with Gasteiger partial charge in [-0.05, 0) is 62.1 Å². The van der Waals surface area contributed by atoms with Gasteiger partial charge in [0.15, 0.2) is 0 Å². The van der Waals surface area contributed by atoms with Crippen molar-refractivity contribution in [1.82, 2.24) is 14.9 Å². The molecular weight excluding hydrogens is 467 g/mol. The number of aliphatic carboxylic acids is 1. The molecule has 3 atom stereocenters. The third kappa shape index (κ3) is 6.28. The minimum atomic E-state index is -0.782. The lowest BCUT2D eigenvalue weighted by molar-refractivity contribution is -0.146. The number of methoxy groups -OCH3 is 1. The lowest BCUT2D eigenvalue weighted by atomic mass is 9.81. The number of ether oxygens (including phenoxy) is 1. The highest BCUT2D eigenvalue weighted by Crippen LogP contribution is 2.34. The average Bonchev–Trinajstić information content (AvgIpc) is 2.87. The molecule has 0 bridgehead atoms. The van der Waals surface area contributed by atoms with Crippen LogP contribution < -0.4 is 10.5 Å². The fraction of sp³-hybridized carbons (Fsp3) is 0.423. The Morgan fingerprint density at radius 2 is 2.20 bits per heavy atom. The number of rotatable bonds is 10. The molecule has 1 aromatic carbocycles. The molecule has 1 fully saturated rings. The molecular formula is C26H31FN4O3S. The van der Waals surface area contributed by atoms with Gasteiger partial charge in [0.05, 0.1) is 29.8 Å². The second-order valence-corrected chi connectivity index (χ2v) is 10.0. The predicted molar refractivity (Wildman–Crippen MR) is 135 cm³/mol. The van der Waals surface area contributed by atoms with Crippen molar-refractivity contribution >= 4 is 28.6 Å². The van der Waals surface area contributed by atoms with E-state index in [1.807, 2.05) is 18.2 Å². The van der Waals surface area contributed by atoms with E-state index in [1.54, 1.807) is 43.3 Å². The van der Waals surface area contributed by atoms with E-state index < -0.39 is 23.7 Å². The number of pyridine rings is 2. The maximum atomic E-state index is 14.8. The summed E-state index contributed by atoms with van der Waals surface area (Å²) in [7, 11) is 1.56. The first-order valence-corrected chi connectivity index (χ1v) is 12.8. The van der Waals surface area contributed by atoms with Crippen LogP contribution in [0.4, 0.5) is 4.39 Å². The van der Waals surface area contributed by atoms with Crippen molar-refractivity contribution in [2.24, 2.45) is 17.6 Å². The van der Waals surface area contributed by atoms with Crippen LogP contribution in [-0.4, -0.2) is 58.4 Å². The number of carboxylic acids is 1. The summed E-state index contributed by atoms with van der Waals surface area (Å²) < 4.78 is 20.1. The average molecular weight is 499 g/mol. The Morgan fingerprint density at radius 3 is 2.94 bits per heavy atom. The normalized spacial score (nSPS) is 19.5. The van der Waals surface area contributed by atoms with Crippen molar-refractivity contribution in [3.63, 3.8) is 0 Å². The molecule has 1 aliphatic rings. The minimum Gasteiger partial charge on any atom is -0.497 e. The Labute approximate surface area is 208 Å². The molecule has 9 heteroatoms. The number of nitrogens with two attached hydrogens (primary N) is 1. The van der Waals surface area contributed by atoms with Gasteiger partial charge in [-0.2, -0.15) is 0 Å². The van der Waals surface area contributed by atoms with Gasteiger partial charge in [0.25, 0.3) is 0 Å². The number of carbonyl (C=O) groups is 1. The van der Waals surface area contributed by atoms with Gasteiger partial charge >= 0.3 is 5.97 Å². The third-order valence-electron chi connectivity index (χ3n) is 6.74. The van der Waals surface area contributed by atoms with Crippen molar-refractivity contribution in [3.8, 4) is 5.75 Å². The molecule has 3 heterocycles. The van der Waals surface area contributed by atoms with Gasteiger partial charge in [0, 0.05) is 42.0 Å². The summed E-state index contributed by atoms with van der Waals surface area (Å²) in [5, 5.41) is 11.5. The fourth-order valence-corrected chi connectivity index (χ4v) is 5.69. The lowest BCUT2D eigenvalue weighted by Crippen LogP contribution is -2.44. The maximum absolute atomic E-state index is 14.8. The SMILES string of the molecule is COc1ccc2ncc(F)c([C@@H](N)CC[C@H]3CCN(CCSc4ccccn4)C[C@H]3C(=O)O)c2c1. The molecule has 3 N–H and O–H groups in total. The monoisotopic (exact) mass is 498 g/mol. The van der Waals surface area contributed by atoms with Gasteiger partial charge in [-0.25, -0.2) is 9.37 Å². The summed E-state index contributed by atoms with van der Waals surface area (Å²) in [6.45, 7) is 2.17. The fourth-order valence-electron chi connectivity index (χ4n) is 4.82. The van der Waals surface area contributed by atoms with E-state index in [0.29, 0.717) is 41.6 Å². The van der Waals surface area contributed by atoms with Crippen LogP contribution in [0.3, 0.4) is 0 Å². The number of carboxylic acid groups (broad SMARTS) is 1. The zero-order valence-electron chi connectivity index (χ0n) is 19.8. The molecule has 0 unspecified atom stereocenters. The molecule has 0 saturated carbocycles. The number of thioether (sulfide) groups is 1. The second-order valence-electron chi connectivity index (χ2n) is 8.90. The predicted octanol–water partition coefficient (Wildman–Crippen LogP) is 4.37. The Balaban J connectivity index is 1.37. The number of likely N-dealkylation sites (tertiary alicyclic amines) is 1. The molecule has 35 heavy (non-hydrogen) atoms. The Morgan fingerprint density at radius 1 is 1.34 bits per heavy atom. The molecule has 3 aromatic rings. The van der Waals surface area contributed by atoms with Gasteiger partial charge in [0.2, 0.25) is 0 Å². The standard InChI is InChI=1S/C26H31FN4O3S/c1-34-18-6-8-23-19(14-18)25(21(27)15-30-23)22(28)7-5-17-9-11-31(16-20(17)26(32)33)12-13-35-24-4-2-3-10-29-24/h2-4,6,8,10,14-15,17,20,22H,5,7,9,11-13,16,28H2,1H3,(H,32,33)/t17-,20+,22-/m0/s1. The van der Waals surface area contributed by atoms with E-state index in [1.165, 1.54) is 6.20 Å². The molecule has 2 aromatic heterocycles. The van der Waals surface area contributed by atoms with Crippen molar-refractivity contribution in [2.75, 3.05) is 32.5 Å².